The normalized spacial score (nSPS) is 19.0. The van der Waals surface area contributed by atoms with Crippen molar-refractivity contribution in [1.82, 2.24) is 15.0 Å². The van der Waals surface area contributed by atoms with Crippen molar-refractivity contribution in [1.29, 1.82) is 0 Å². The van der Waals surface area contributed by atoms with Crippen molar-refractivity contribution in [3.8, 4) is 11.3 Å². The summed E-state index contributed by atoms with van der Waals surface area (Å²) in [7, 11) is 0. The molecule has 7 nitrogen and oxygen atoms in total. The number of fused-ring (bicyclic) bond motifs is 4. The number of aryl methyl sites for hydroxylation is 1. The number of piperazine rings is 1. The number of benzene rings is 3. The summed E-state index contributed by atoms with van der Waals surface area (Å²) in [5.41, 5.74) is 6.91. The van der Waals surface area contributed by atoms with Gasteiger partial charge in [0.2, 0.25) is 0 Å². The second-order valence-corrected chi connectivity index (χ2v) is 11.4. The van der Waals surface area contributed by atoms with E-state index in [4.69, 9.17) is 9.51 Å². The van der Waals surface area contributed by atoms with Gasteiger partial charge in [-0.3, -0.25) is 14.7 Å². The van der Waals surface area contributed by atoms with Crippen LogP contribution in [0.2, 0.25) is 0 Å². The predicted octanol–water partition coefficient (Wildman–Crippen LogP) is 5.84. The highest BCUT2D eigenvalue weighted by atomic mass is 16.5. The summed E-state index contributed by atoms with van der Waals surface area (Å²) in [6.45, 7) is 7.00. The van der Waals surface area contributed by atoms with Crippen LogP contribution in [0.1, 0.15) is 34.5 Å². The van der Waals surface area contributed by atoms with Crippen LogP contribution in [0.15, 0.2) is 71.4 Å². The van der Waals surface area contributed by atoms with E-state index in [2.05, 4.69) is 33.2 Å². The third-order valence-corrected chi connectivity index (χ3v) is 9.03. The Kier molecular flexibility index (Phi) is 5.42. The average Bonchev–Trinajstić information content (AvgIpc) is 3.74. The van der Waals surface area contributed by atoms with E-state index in [1.165, 1.54) is 30.6 Å². The monoisotopic (exact) mass is 529 g/mol. The number of aromatic nitrogens is 2. The SMILES string of the molecule is Cc1cc(-c2cccc3c(C(=O)N4CCc5cc6nccc(N7CCN8CCCC8C7)c6cc54)cccc23)on1. The van der Waals surface area contributed by atoms with Crippen LogP contribution in [0.5, 0.6) is 0 Å². The number of nitrogens with zero attached hydrogens (tertiary/aromatic N) is 5. The maximum Gasteiger partial charge on any atom is 0.258 e. The molecule has 0 radical (unpaired) electrons. The Balaban J connectivity index is 1.18. The van der Waals surface area contributed by atoms with Gasteiger partial charge in [-0.1, -0.05) is 35.5 Å². The number of pyridine rings is 1. The van der Waals surface area contributed by atoms with E-state index < -0.39 is 0 Å². The molecule has 2 aromatic heterocycles. The van der Waals surface area contributed by atoms with Gasteiger partial charge in [-0.05, 0) is 73.3 Å². The minimum absolute atomic E-state index is 0.0274. The van der Waals surface area contributed by atoms with Crippen LogP contribution in [0.25, 0.3) is 33.0 Å². The Bertz CT molecular complexity index is 1790. The zero-order valence-electron chi connectivity index (χ0n) is 22.6. The molecule has 1 amide bonds. The van der Waals surface area contributed by atoms with E-state index in [0.717, 1.165) is 64.7 Å². The zero-order chi connectivity index (χ0) is 26.8. The minimum Gasteiger partial charge on any atom is -0.368 e. The van der Waals surface area contributed by atoms with Gasteiger partial charge in [0, 0.05) is 72.4 Å². The van der Waals surface area contributed by atoms with Crippen molar-refractivity contribution in [3.63, 3.8) is 0 Å². The molecule has 3 aliphatic rings. The molecule has 5 aromatic rings. The highest BCUT2D eigenvalue weighted by Crippen LogP contribution is 2.39. The molecule has 0 aliphatic carbocycles. The van der Waals surface area contributed by atoms with Gasteiger partial charge < -0.3 is 14.3 Å². The Morgan fingerprint density at radius 1 is 0.925 bits per heavy atom. The molecule has 0 bridgehead atoms. The van der Waals surface area contributed by atoms with Crippen molar-refractivity contribution in [3.05, 3.63) is 83.7 Å². The van der Waals surface area contributed by atoms with E-state index in [9.17, 15) is 4.79 Å². The molecule has 5 heterocycles. The Morgan fingerprint density at radius 3 is 2.73 bits per heavy atom. The molecule has 200 valence electrons. The first-order valence-corrected chi connectivity index (χ1v) is 14.3. The maximum absolute atomic E-state index is 14.2. The molecule has 2 fully saturated rings. The van der Waals surface area contributed by atoms with Gasteiger partial charge in [-0.25, -0.2) is 0 Å². The first-order valence-electron chi connectivity index (χ1n) is 14.3. The molecular weight excluding hydrogens is 498 g/mol. The van der Waals surface area contributed by atoms with Gasteiger partial charge in [0.1, 0.15) is 0 Å². The van der Waals surface area contributed by atoms with Gasteiger partial charge in [-0.2, -0.15) is 0 Å². The zero-order valence-corrected chi connectivity index (χ0v) is 22.6. The van der Waals surface area contributed by atoms with Crippen LogP contribution in [0, 0.1) is 6.92 Å². The van der Waals surface area contributed by atoms with Gasteiger partial charge >= 0.3 is 0 Å². The number of hydrogen-bond donors (Lipinski definition) is 0. The summed E-state index contributed by atoms with van der Waals surface area (Å²) < 4.78 is 5.57. The molecule has 0 saturated carbocycles. The Morgan fingerprint density at radius 2 is 1.82 bits per heavy atom. The smallest absolute Gasteiger partial charge is 0.258 e. The lowest BCUT2D eigenvalue weighted by Crippen LogP contribution is -2.50. The number of rotatable bonds is 3. The lowest BCUT2D eigenvalue weighted by molar-refractivity contribution is 0.0991. The van der Waals surface area contributed by atoms with E-state index >= 15 is 0 Å². The fourth-order valence-corrected chi connectivity index (χ4v) is 7.06. The largest absolute Gasteiger partial charge is 0.368 e. The van der Waals surface area contributed by atoms with Crippen LogP contribution in [0.4, 0.5) is 11.4 Å². The van der Waals surface area contributed by atoms with Gasteiger partial charge in [-0.15, -0.1) is 0 Å². The van der Waals surface area contributed by atoms with E-state index in [-0.39, 0.29) is 5.91 Å². The first-order chi connectivity index (χ1) is 19.6. The number of hydrogen-bond acceptors (Lipinski definition) is 6. The summed E-state index contributed by atoms with van der Waals surface area (Å²) in [4.78, 5) is 26.0. The first kappa shape index (κ1) is 23.6. The third-order valence-electron chi connectivity index (χ3n) is 9.03. The summed E-state index contributed by atoms with van der Waals surface area (Å²) in [5, 5.41) is 7.11. The molecule has 1 unspecified atom stereocenters. The topological polar surface area (TPSA) is 65.7 Å². The standard InChI is InChI=1S/C33H31N5O2/c1-21-17-32(40-35-21)26-8-2-7-25-24(26)6-3-9-27(25)33(39)38-14-11-22-18-29-28(19-31(22)38)30(10-12-34-29)37-16-15-36-13-4-5-23(36)20-37/h2-3,6-10,12,17-19,23H,4-5,11,13-16,20H2,1H3. The van der Waals surface area contributed by atoms with Crippen LogP contribution >= 0.6 is 0 Å². The lowest BCUT2D eigenvalue weighted by Gasteiger charge is -2.39. The molecule has 2 saturated heterocycles. The number of carbonyl (C=O) groups excluding carboxylic acids is 1. The maximum atomic E-state index is 14.2. The summed E-state index contributed by atoms with van der Waals surface area (Å²) in [5.74, 6) is 0.740. The highest BCUT2D eigenvalue weighted by Gasteiger charge is 2.32. The number of anilines is 2. The van der Waals surface area contributed by atoms with Gasteiger partial charge in [0.05, 0.1) is 11.2 Å². The van der Waals surface area contributed by atoms with Crippen LogP contribution in [-0.4, -0.2) is 59.7 Å². The molecule has 0 spiro atoms. The van der Waals surface area contributed by atoms with Gasteiger partial charge in [0.25, 0.3) is 5.91 Å². The summed E-state index contributed by atoms with van der Waals surface area (Å²) in [6, 6.07) is 21.1. The van der Waals surface area contributed by atoms with E-state index in [0.29, 0.717) is 23.9 Å². The molecular formula is C33H31N5O2. The Hall–Kier alpha value is -4.23. The lowest BCUT2D eigenvalue weighted by atomic mass is 9.98. The summed E-state index contributed by atoms with van der Waals surface area (Å²) >= 11 is 0. The number of carbonyl (C=O) groups is 1. The molecule has 3 aliphatic heterocycles. The van der Waals surface area contributed by atoms with Crippen LogP contribution in [0.3, 0.4) is 0 Å². The third kappa shape index (κ3) is 3.72. The quantitative estimate of drug-likeness (QED) is 0.293. The van der Waals surface area contributed by atoms with Crippen LogP contribution in [-0.2, 0) is 6.42 Å². The summed E-state index contributed by atoms with van der Waals surface area (Å²) in [6.07, 6.45) is 5.34. The van der Waals surface area contributed by atoms with Crippen molar-refractivity contribution < 1.29 is 9.32 Å². The van der Waals surface area contributed by atoms with Crippen molar-refractivity contribution in [2.24, 2.45) is 0 Å². The fraction of sp³-hybridized carbons (Fsp3) is 0.303. The molecule has 8 rings (SSSR count). The molecule has 7 heteroatoms. The highest BCUT2D eigenvalue weighted by molar-refractivity contribution is 6.17. The predicted molar refractivity (Wildman–Crippen MR) is 158 cm³/mol. The average molecular weight is 530 g/mol. The van der Waals surface area contributed by atoms with Crippen molar-refractivity contribution in [2.45, 2.75) is 32.2 Å². The molecule has 1 atom stereocenters. The van der Waals surface area contributed by atoms with Gasteiger partial charge in [0.15, 0.2) is 5.76 Å². The molecule has 0 N–H and O–H groups in total. The van der Waals surface area contributed by atoms with E-state index in [1.54, 1.807) is 0 Å². The second-order valence-electron chi connectivity index (χ2n) is 11.4. The van der Waals surface area contributed by atoms with E-state index in [1.807, 2.05) is 60.5 Å². The second kappa shape index (κ2) is 9.17. The fourth-order valence-electron chi connectivity index (χ4n) is 7.06. The van der Waals surface area contributed by atoms with Crippen LogP contribution < -0.4 is 9.80 Å². The van der Waals surface area contributed by atoms with Crippen molar-refractivity contribution >= 4 is 39.0 Å². The molecule has 3 aromatic carbocycles. The van der Waals surface area contributed by atoms with Crippen molar-refractivity contribution in [2.75, 3.05) is 42.5 Å². The minimum atomic E-state index is 0.0274. The molecule has 40 heavy (non-hydrogen) atoms. The number of amides is 1. The Labute approximate surface area is 233 Å².